The van der Waals surface area contributed by atoms with E-state index in [4.69, 9.17) is 5.73 Å². The van der Waals surface area contributed by atoms with Crippen molar-refractivity contribution in [2.45, 2.75) is 12.4 Å². The topological polar surface area (TPSA) is 59.2 Å². The number of hydrogen-bond acceptors (Lipinski definition) is 3. The second kappa shape index (κ2) is 6.29. The van der Waals surface area contributed by atoms with Crippen LogP contribution in [0.25, 0.3) is 0 Å². The van der Waals surface area contributed by atoms with Crippen LogP contribution in [0.4, 0.5) is 26.3 Å². The minimum Gasteiger partial charge on any atom is -0.329 e. The lowest BCUT2D eigenvalue weighted by atomic mass is 10.2. The monoisotopic (exact) mass is 315 g/mol. The van der Waals surface area contributed by atoms with Crippen molar-refractivity contribution in [3.05, 3.63) is 29.6 Å². The number of carbonyl (C=O) groups is 1. The van der Waals surface area contributed by atoms with Gasteiger partial charge in [-0.05, 0) is 12.1 Å². The highest BCUT2D eigenvalue weighted by Crippen LogP contribution is 2.28. The fourth-order valence-corrected chi connectivity index (χ4v) is 1.47. The normalized spacial score (nSPS) is 12.3. The van der Waals surface area contributed by atoms with Crippen LogP contribution in [0.5, 0.6) is 0 Å². The highest BCUT2D eigenvalue weighted by atomic mass is 19.4. The molecule has 0 aromatic carbocycles. The van der Waals surface area contributed by atoms with Gasteiger partial charge in [0.2, 0.25) is 0 Å². The molecule has 1 amide bonds. The van der Waals surface area contributed by atoms with Crippen molar-refractivity contribution >= 4 is 5.91 Å². The third-order valence-electron chi connectivity index (χ3n) is 2.37. The first-order chi connectivity index (χ1) is 9.54. The van der Waals surface area contributed by atoms with Crippen molar-refractivity contribution in [1.82, 2.24) is 9.88 Å². The quantitative estimate of drug-likeness (QED) is 0.865. The standard InChI is InChI=1S/C11H11F6N3O/c12-10(13,14)6-20(4-3-18)9(21)8-2-1-7(5-19-8)11(15,16)17/h1-2,5H,3-4,6,18H2. The number of halogens is 6. The molecule has 1 heterocycles. The van der Waals surface area contributed by atoms with Crippen LogP contribution in [-0.4, -0.2) is 41.6 Å². The number of aromatic nitrogens is 1. The summed E-state index contributed by atoms with van der Waals surface area (Å²) in [5, 5.41) is 0. The molecule has 0 spiro atoms. The van der Waals surface area contributed by atoms with Crippen LogP contribution >= 0.6 is 0 Å². The van der Waals surface area contributed by atoms with E-state index in [9.17, 15) is 31.1 Å². The lowest BCUT2D eigenvalue weighted by Gasteiger charge is -2.23. The van der Waals surface area contributed by atoms with Crippen LogP contribution in [0.1, 0.15) is 16.1 Å². The lowest BCUT2D eigenvalue weighted by Crippen LogP contribution is -2.42. The number of amides is 1. The molecule has 2 N–H and O–H groups in total. The molecule has 0 fully saturated rings. The summed E-state index contributed by atoms with van der Waals surface area (Å²) in [6.07, 6.45) is -8.89. The summed E-state index contributed by atoms with van der Waals surface area (Å²) in [7, 11) is 0. The predicted octanol–water partition coefficient (Wildman–Crippen LogP) is 2.06. The molecule has 0 aliphatic rings. The largest absolute Gasteiger partial charge is 0.417 e. The van der Waals surface area contributed by atoms with E-state index in [1.54, 1.807) is 0 Å². The van der Waals surface area contributed by atoms with Crippen LogP contribution in [0, 0.1) is 0 Å². The van der Waals surface area contributed by atoms with Crippen LogP contribution in [0.2, 0.25) is 0 Å². The van der Waals surface area contributed by atoms with Crippen molar-refractivity contribution in [2.24, 2.45) is 5.73 Å². The summed E-state index contributed by atoms with van der Waals surface area (Å²) in [6, 6.07) is 1.31. The lowest BCUT2D eigenvalue weighted by molar-refractivity contribution is -0.140. The van der Waals surface area contributed by atoms with E-state index in [1.165, 1.54) is 0 Å². The molecule has 1 aromatic rings. The van der Waals surface area contributed by atoms with Gasteiger partial charge in [-0.15, -0.1) is 0 Å². The smallest absolute Gasteiger partial charge is 0.329 e. The number of nitrogens with two attached hydrogens (primary N) is 1. The van der Waals surface area contributed by atoms with Gasteiger partial charge in [-0.3, -0.25) is 9.78 Å². The third-order valence-corrected chi connectivity index (χ3v) is 2.37. The van der Waals surface area contributed by atoms with Crippen molar-refractivity contribution < 1.29 is 31.1 Å². The van der Waals surface area contributed by atoms with Gasteiger partial charge in [0.25, 0.3) is 5.91 Å². The second-order valence-electron chi connectivity index (χ2n) is 4.06. The molecular weight excluding hydrogens is 304 g/mol. The Bertz CT molecular complexity index is 482. The van der Waals surface area contributed by atoms with E-state index in [2.05, 4.69) is 4.98 Å². The van der Waals surface area contributed by atoms with E-state index >= 15 is 0 Å². The summed E-state index contributed by atoms with van der Waals surface area (Å²) in [5.41, 5.74) is 3.50. The summed E-state index contributed by atoms with van der Waals surface area (Å²) < 4.78 is 73.9. The molecule has 0 aliphatic carbocycles. The van der Waals surface area contributed by atoms with Gasteiger partial charge in [-0.25, -0.2) is 0 Å². The maximum Gasteiger partial charge on any atom is 0.417 e. The Morgan fingerprint density at radius 1 is 1.19 bits per heavy atom. The number of carbonyl (C=O) groups excluding carboxylic acids is 1. The average Bonchev–Trinajstić information content (AvgIpc) is 2.35. The molecular formula is C11H11F6N3O. The fourth-order valence-electron chi connectivity index (χ4n) is 1.47. The summed E-state index contributed by atoms with van der Waals surface area (Å²) >= 11 is 0. The van der Waals surface area contributed by atoms with E-state index in [0.29, 0.717) is 17.2 Å². The van der Waals surface area contributed by atoms with E-state index < -0.39 is 36.1 Å². The highest BCUT2D eigenvalue weighted by molar-refractivity contribution is 5.92. The van der Waals surface area contributed by atoms with Crippen LogP contribution in [-0.2, 0) is 6.18 Å². The average molecular weight is 315 g/mol. The Kier molecular flexibility index (Phi) is 5.15. The molecule has 118 valence electrons. The zero-order chi connectivity index (χ0) is 16.3. The van der Waals surface area contributed by atoms with Crippen molar-refractivity contribution in [3.63, 3.8) is 0 Å². The van der Waals surface area contributed by atoms with Crippen LogP contribution < -0.4 is 5.73 Å². The van der Waals surface area contributed by atoms with Gasteiger partial charge in [0.05, 0.1) is 5.56 Å². The molecule has 0 atom stereocenters. The molecule has 0 unspecified atom stereocenters. The van der Waals surface area contributed by atoms with Gasteiger partial charge in [0, 0.05) is 19.3 Å². The van der Waals surface area contributed by atoms with Gasteiger partial charge >= 0.3 is 12.4 Å². The molecule has 21 heavy (non-hydrogen) atoms. The van der Waals surface area contributed by atoms with Gasteiger partial charge in [-0.2, -0.15) is 26.3 Å². The first kappa shape index (κ1) is 17.2. The molecule has 0 saturated carbocycles. The minimum absolute atomic E-state index is 0.220. The highest BCUT2D eigenvalue weighted by Gasteiger charge is 2.34. The minimum atomic E-state index is -4.64. The van der Waals surface area contributed by atoms with E-state index in [-0.39, 0.29) is 13.1 Å². The first-order valence-electron chi connectivity index (χ1n) is 5.64. The Morgan fingerprint density at radius 2 is 1.81 bits per heavy atom. The SMILES string of the molecule is NCCN(CC(F)(F)F)C(=O)c1ccc(C(F)(F)F)cn1. The van der Waals surface area contributed by atoms with Gasteiger partial charge in [0.1, 0.15) is 12.2 Å². The number of alkyl halides is 6. The maximum absolute atomic E-state index is 12.3. The summed E-state index contributed by atoms with van der Waals surface area (Å²) in [6.45, 7) is -2.16. The zero-order valence-electron chi connectivity index (χ0n) is 10.5. The fraction of sp³-hybridized carbons (Fsp3) is 0.455. The Balaban J connectivity index is 2.94. The molecule has 10 heteroatoms. The zero-order valence-corrected chi connectivity index (χ0v) is 10.5. The van der Waals surface area contributed by atoms with Gasteiger partial charge < -0.3 is 10.6 Å². The maximum atomic E-state index is 12.3. The molecule has 1 aromatic heterocycles. The molecule has 0 aliphatic heterocycles. The molecule has 1 rings (SSSR count). The predicted molar refractivity (Wildman–Crippen MR) is 60.3 cm³/mol. The van der Waals surface area contributed by atoms with E-state index in [0.717, 1.165) is 6.07 Å². The third kappa shape index (κ3) is 5.21. The summed E-state index contributed by atoms with van der Waals surface area (Å²) in [4.78, 5) is 15.4. The van der Waals surface area contributed by atoms with Gasteiger partial charge in [0.15, 0.2) is 0 Å². The number of pyridine rings is 1. The Morgan fingerprint density at radius 3 is 2.19 bits per heavy atom. The molecule has 0 saturated heterocycles. The summed E-state index contributed by atoms with van der Waals surface area (Å²) in [5.74, 6) is -1.13. The van der Waals surface area contributed by atoms with Crippen molar-refractivity contribution in [3.8, 4) is 0 Å². The number of rotatable bonds is 4. The second-order valence-corrected chi connectivity index (χ2v) is 4.06. The molecule has 0 radical (unpaired) electrons. The van der Waals surface area contributed by atoms with Crippen LogP contribution in [0.3, 0.4) is 0 Å². The van der Waals surface area contributed by atoms with Crippen molar-refractivity contribution in [2.75, 3.05) is 19.6 Å². The van der Waals surface area contributed by atoms with Crippen LogP contribution in [0.15, 0.2) is 18.3 Å². The Labute approximate surface area is 115 Å². The number of hydrogen-bond donors (Lipinski definition) is 1. The van der Waals surface area contributed by atoms with E-state index in [1.807, 2.05) is 0 Å². The number of nitrogens with zero attached hydrogens (tertiary/aromatic N) is 2. The first-order valence-corrected chi connectivity index (χ1v) is 5.64. The molecule has 4 nitrogen and oxygen atoms in total. The van der Waals surface area contributed by atoms with Gasteiger partial charge in [-0.1, -0.05) is 0 Å². The Hall–Kier alpha value is -1.84. The van der Waals surface area contributed by atoms with Crippen molar-refractivity contribution in [1.29, 1.82) is 0 Å². The molecule has 0 bridgehead atoms.